The van der Waals surface area contributed by atoms with Gasteiger partial charge in [-0.1, -0.05) is 6.92 Å². The number of amides is 2. The van der Waals surface area contributed by atoms with Crippen molar-refractivity contribution in [3.8, 4) is 0 Å². The number of halogens is 2. The van der Waals surface area contributed by atoms with Gasteiger partial charge in [0.1, 0.15) is 5.82 Å². The van der Waals surface area contributed by atoms with Gasteiger partial charge in [0.2, 0.25) is 0 Å². The zero-order valence-electron chi connectivity index (χ0n) is 11.0. The molecule has 20 heavy (non-hydrogen) atoms. The highest BCUT2D eigenvalue weighted by Gasteiger charge is 2.09. The van der Waals surface area contributed by atoms with Crippen LogP contribution in [-0.2, 0) is 4.79 Å². The van der Waals surface area contributed by atoms with Crippen LogP contribution in [0.3, 0.4) is 0 Å². The minimum atomic E-state index is -0.850. The van der Waals surface area contributed by atoms with Crippen LogP contribution in [0.5, 0.6) is 0 Å². The van der Waals surface area contributed by atoms with Crippen molar-refractivity contribution in [2.24, 2.45) is 5.92 Å². The van der Waals surface area contributed by atoms with Gasteiger partial charge in [0, 0.05) is 17.4 Å². The van der Waals surface area contributed by atoms with Crippen LogP contribution in [0.25, 0.3) is 0 Å². The van der Waals surface area contributed by atoms with E-state index in [2.05, 4.69) is 26.6 Å². The number of carboxylic acids is 1. The highest BCUT2D eigenvalue weighted by Crippen LogP contribution is 2.22. The van der Waals surface area contributed by atoms with Gasteiger partial charge in [-0.15, -0.1) is 0 Å². The molecule has 0 aliphatic carbocycles. The Labute approximate surface area is 124 Å². The first-order valence-corrected chi connectivity index (χ1v) is 6.89. The lowest BCUT2D eigenvalue weighted by atomic mass is 10.1. The van der Waals surface area contributed by atoms with Gasteiger partial charge in [-0.3, -0.25) is 4.79 Å². The zero-order chi connectivity index (χ0) is 15.1. The molecule has 0 bridgehead atoms. The summed E-state index contributed by atoms with van der Waals surface area (Å²) in [6.07, 6.45) is 0.573. The number of carboxylic acid groups (broad SMARTS) is 1. The van der Waals surface area contributed by atoms with E-state index in [0.29, 0.717) is 23.1 Å². The van der Waals surface area contributed by atoms with Crippen LogP contribution in [-0.4, -0.2) is 23.7 Å². The Kier molecular flexibility index (Phi) is 6.44. The zero-order valence-corrected chi connectivity index (χ0v) is 12.5. The van der Waals surface area contributed by atoms with E-state index in [1.165, 1.54) is 18.2 Å². The molecule has 1 rings (SSSR count). The monoisotopic (exact) mass is 346 g/mol. The molecule has 7 heteroatoms. The van der Waals surface area contributed by atoms with E-state index in [-0.39, 0.29) is 12.3 Å². The first kappa shape index (κ1) is 16.4. The van der Waals surface area contributed by atoms with E-state index in [4.69, 9.17) is 5.11 Å². The number of carbonyl (C=O) groups excluding carboxylic acids is 1. The minimum absolute atomic E-state index is 0.0634. The lowest BCUT2D eigenvalue weighted by Gasteiger charge is -2.13. The maximum atomic E-state index is 12.9. The minimum Gasteiger partial charge on any atom is -0.481 e. The van der Waals surface area contributed by atoms with Crippen molar-refractivity contribution in [3.05, 3.63) is 28.5 Å². The first-order valence-electron chi connectivity index (χ1n) is 6.10. The molecular formula is C13H16BrFN2O3. The fourth-order valence-electron chi connectivity index (χ4n) is 1.50. The molecule has 0 heterocycles. The normalized spacial score (nSPS) is 11.8. The average Bonchev–Trinajstić information content (AvgIpc) is 2.37. The molecule has 1 aromatic rings. The third kappa shape index (κ3) is 6.01. The van der Waals surface area contributed by atoms with Gasteiger partial charge in [0.05, 0.1) is 5.69 Å². The maximum Gasteiger partial charge on any atom is 0.319 e. The smallest absolute Gasteiger partial charge is 0.319 e. The average molecular weight is 347 g/mol. The van der Waals surface area contributed by atoms with Crippen molar-refractivity contribution in [2.45, 2.75) is 19.8 Å². The van der Waals surface area contributed by atoms with Gasteiger partial charge in [-0.05, 0) is 46.5 Å². The summed E-state index contributed by atoms with van der Waals surface area (Å²) in [6, 6.07) is 3.54. The molecule has 1 atom stereocenters. The third-order valence-corrected chi connectivity index (χ3v) is 3.30. The Morgan fingerprint density at radius 1 is 1.45 bits per heavy atom. The Morgan fingerprint density at radius 2 is 2.15 bits per heavy atom. The highest BCUT2D eigenvalue weighted by molar-refractivity contribution is 9.10. The van der Waals surface area contributed by atoms with Gasteiger partial charge in [0.15, 0.2) is 0 Å². The summed E-state index contributed by atoms with van der Waals surface area (Å²) in [5.74, 6) is -1.19. The number of anilines is 1. The molecule has 110 valence electrons. The molecule has 0 aliphatic heterocycles. The topological polar surface area (TPSA) is 78.4 Å². The van der Waals surface area contributed by atoms with Crippen LogP contribution in [0.2, 0.25) is 0 Å². The van der Waals surface area contributed by atoms with Crippen molar-refractivity contribution in [2.75, 3.05) is 11.9 Å². The standard InChI is InChI=1S/C13H16BrFN2O3/c1-8(2-5-12(18)19)7-16-13(20)17-11-4-3-9(15)6-10(11)14/h3-4,6,8H,2,5,7H2,1H3,(H,18,19)(H2,16,17,20). The number of carbonyl (C=O) groups is 2. The number of rotatable bonds is 6. The largest absolute Gasteiger partial charge is 0.481 e. The summed E-state index contributed by atoms with van der Waals surface area (Å²) < 4.78 is 13.3. The summed E-state index contributed by atoms with van der Waals surface area (Å²) in [7, 11) is 0. The maximum absolute atomic E-state index is 12.9. The second-order valence-corrected chi connectivity index (χ2v) is 5.35. The van der Waals surface area contributed by atoms with Crippen molar-refractivity contribution in [1.29, 1.82) is 0 Å². The molecule has 3 N–H and O–H groups in total. The molecule has 0 aromatic heterocycles. The summed E-state index contributed by atoms with van der Waals surface area (Å²) >= 11 is 3.15. The van der Waals surface area contributed by atoms with Crippen molar-refractivity contribution < 1.29 is 19.1 Å². The molecule has 0 saturated carbocycles. The van der Waals surface area contributed by atoms with E-state index < -0.39 is 17.8 Å². The van der Waals surface area contributed by atoms with Crippen molar-refractivity contribution in [3.63, 3.8) is 0 Å². The second kappa shape index (κ2) is 7.84. The van der Waals surface area contributed by atoms with Crippen LogP contribution in [0, 0.1) is 11.7 Å². The molecule has 1 aromatic carbocycles. The molecular weight excluding hydrogens is 331 g/mol. The number of hydrogen-bond acceptors (Lipinski definition) is 2. The highest BCUT2D eigenvalue weighted by atomic mass is 79.9. The van der Waals surface area contributed by atoms with Gasteiger partial charge < -0.3 is 15.7 Å². The van der Waals surface area contributed by atoms with Crippen LogP contribution < -0.4 is 10.6 Å². The molecule has 1 unspecified atom stereocenters. The molecule has 2 amide bonds. The van der Waals surface area contributed by atoms with E-state index in [9.17, 15) is 14.0 Å². The van der Waals surface area contributed by atoms with Crippen LogP contribution in [0.15, 0.2) is 22.7 Å². The molecule has 5 nitrogen and oxygen atoms in total. The lowest BCUT2D eigenvalue weighted by Crippen LogP contribution is -2.32. The van der Waals surface area contributed by atoms with E-state index in [1.54, 1.807) is 0 Å². The first-order chi connectivity index (χ1) is 9.38. The van der Waals surface area contributed by atoms with Crippen molar-refractivity contribution in [1.82, 2.24) is 5.32 Å². The number of aliphatic carboxylic acids is 1. The Hall–Kier alpha value is -1.63. The quantitative estimate of drug-likeness (QED) is 0.739. The second-order valence-electron chi connectivity index (χ2n) is 4.50. The predicted molar refractivity (Wildman–Crippen MR) is 77.2 cm³/mol. The summed E-state index contributed by atoms with van der Waals surface area (Å²) in [5, 5.41) is 13.8. The van der Waals surface area contributed by atoms with E-state index in [1.807, 2.05) is 6.92 Å². The van der Waals surface area contributed by atoms with Gasteiger partial charge in [0.25, 0.3) is 0 Å². The fraction of sp³-hybridized carbons (Fsp3) is 0.385. The number of hydrogen-bond donors (Lipinski definition) is 3. The third-order valence-electron chi connectivity index (χ3n) is 2.64. The Bertz CT molecular complexity index is 497. The number of nitrogens with one attached hydrogen (secondary N) is 2. The SMILES string of the molecule is CC(CCC(=O)O)CNC(=O)Nc1ccc(F)cc1Br. The summed E-state index contributed by atoms with van der Waals surface area (Å²) in [4.78, 5) is 22.1. The van der Waals surface area contributed by atoms with Crippen LogP contribution in [0.1, 0.15) is 19.8 Å². The lowest BCUT2D eigenvalue weighted by molar-refractivity contribution is -0.137. The van der Waals surface area contributed by atoms with Crippen molar-refractivity contribution >= 4 is 33.6 Å². The summed E-state index contributed by atoms with van der Waals surface area (Å²) in [5.41, 5.74) is 0.460. The van der Waals surface area contributed by atoms with Crippen LogP contribution >= 0.6 is 15.9 Å². The molecule has 0 aliphatic rings. The van der Waals surface area contributed by atoms with E-state index in [0.717, 1.165) is 0 Å². The number of benzene rings is 1. The fourth-order valence-corrected chi connectivity index (χ4v) is 1.95. The van der Waals surface area contributed by atoms with Crippen LogP contribution in [0.4, 0.5) is 14.9 Å². The summed E-state index contributed by atoms with van der Waals surface area (Å²) in [6.45, 7) is 2.23. The molecule has 0 saturated heterocycles. The molecule has 0 spiro atoms. The van der Waals surface area contributed by atoms with Gasteiger partial charge in [-0.25, -0.2) is 9.18 Å². The van der Waals surface area contributed by atoms with Gasteiger partial charge >= 0.3 is 12.0 Å². The van der Waals surface area contributed by atoms with E-state index >= 15 is 0 Å². The Morgan fingerprint density at radius 3 is 2.75 bits per heavy atom. The number of urea groups is 1. The van der Waals surface area contributed by atoms with Gasteiger partial charge in [-0.2, -0.15) is 0 Å². The molecule has 0 fully saturated rings. The predicted octanol–water partition coefficient (Wildman–Crippen LogP) is 3.21. The Balaban J connectivity index is 2.38. The molecule has 0 radical (unpaired) electrons.